The summed E-state index contributed by atoms with van der Waals surface area (Å²) in [5.41, 5.74) is 9.25. The van der Waals surface area contributed by atoms with Crippen molar-refractivity contribution in [3.05, 3.63) is 47.3 Å². The molecule has 0 saturated heterocycles. The summed E-state index contributed by atoms with van der Waals surface area (Å²) in [6.45, 7) is 9.21. The minimum absolute atomic E-state index is 0. The Kier molecular flexibility index (Phi) is 6.58. The van der Waals surface area contributed by atoms with E-state index in [0.717, 1.165) is 16.9 Å². The standard InChI is InChI=1S/C18H26N4O.ClH/c1-13-8-6-7-9-16(13)22-14(2)15(10-20-22)17(23)21(5)12-18(3,4)11-19;/h6-10H,11-12,19H2,1-5H3;1H. The lowest BCUT2D eigenvalue weighted by atomic mass is 9.93. The number of nitrogens with zero attached hydrogens (tertiary/aromatic N) is 3. The van der Waals surface area contributed by atoms with Gasteiger partial charge in [0.1, 0.15) is 0 Å². The number of hydrogen-bond acceptors (Lipinski definition) is 3. The molecule has 0 bridgehead atoms. The Morgan fingerprint density at radius 2 is 1.92 bits per heavy atom. The largest absolute Gasteiger partial charge is 0.341 e. The quantitative estimate of drug-likeness (QED) is 0.901. The Bertz CT molecular complexity index is 709. The smallest absolute Gasteiger partial charge is 0.257 e. The first kappa shape index (κ1) is 20.2. The van der Waals surface area contributed by atoms with Gasteiger partial charge in [0.15, 0.2) is 0 Å². The predicted octanol–water partition coefficient (Wildman–Crippen LogP) is 2.97. The van der Waals surface area contributed by atoms with Gasteiger partial charge in [-0.25, -0.2) is 4.68 Å². The van der Waals surface area contributed by atoms with Crippen molar-refractivity contribution in [1.29, 1.82) is 0 Å². The average Bonchev–Trinajstić information content (AvgIpc) is 2.88. The average molecular weight is 351 g/mol. The van der Waals surface area contributed by atoms with Gasteiger partial charge in [0.2, 0.25) is 0 Å². The van der Waals surface area contributed by atoms with Crippen LogP contribution in [0.1, 0.15) is 35.5 Å². The Balaban J connectivity index is 0.00000288. The van der Waals surface area contributed by atoms with E-state index in [9.17, 15) is 4.79 Å². The zero-order valence-corrected chi connectivity index (χ0v) is 15.9. The number of benzene rings is 1. The monoisotopic (exact) mass is 350 g/mol. The highest BCUT2D eigenvalue weighted by molar-refractivity contribution is 5.95. The van der Waals surface area contributed by atoms with E-state index in [1.54, 1.807) is 11.1 Å². The SMILES string of the molecule is Cc1ccccc1-n1ncc(C(=O)N(C)CC(C)(C)CN)c1C.Cl. The maximum atomic E-state index is 12.7. The molecule has 1 heterocycles. The second kappa shape index (κ2) is 7.81. The zero-order valence-electron chi connectivity index (χ0n) is 15.0. The first-order chi connectivity index (χ1) is 10.8. The second-order valence-corrected chi connectivity index (χ2v) is 6.87. The lowest BCUT2D eigenvalue weighted by molar-refractivity contribution is 0.0740. The van der Waals surface area contributed by atoms with Crippen LogP contribution in [0.3, 0.4) is 0 Å². The Morgan fingerprint density at radius 1 is 1.29 bits per heavy atom. The first-order valence-corrected chi connectivity index (χ1v) is 7.83. The minimum Gasteiger partial charge on any atom is -0.341 e. The molecule has 0 aliphatic rings. The van der Waals surface area contributed by atoms with Gasteiger partial charge in [-0.05, 0) is 37.4 Å². The number of halogens is 1. The van der Waals surface area contributed by atoms with E-state index < -0.39 is 0 Å². The molecule has 1 amide bonds. The fraction of sp³-hybridized carbons (Fsp3) is 0.444. The fourth-order valence-corrected chi connectivity index (χ4v) is 2.65. The summed E-state index contributed by atoms with van der Waals surface area (Å²) in [5.74, 6) is -0.0242. The highest BCUT2D eigenvalue weighted by Gasteiger charge is 2.24. The molecule has 0 radical (unpaired) electrons. The molecule has 0 aliphatic carbocycles. The van der Waals surface area contributed by atoms with Crippen molar-refractivity contribution in [2.45, 2.75) is 27.7 Å². The van der Waals surface area contributed by atoms with Crippen molar-refractivity contribution in [3.8, 4) is 5.69 Å². The number of hydrogen-bond donors (Lipinski definition) is 1. The van der Waals surface area contributed by atoms with Gasteiger partial charge < -0.3 is 10.6 Å². The summed E-state index contributed by atoms with van der Waals surface area (Å²) in [5, 5.41) is 4.41. The summed E-state index contributed by atoms with van der Waals surface area (Å²) in [4.78, 5) is 14.4. The third-order valence-corrected chi connectivity index (χ3v) is 4.15. The molecular formula is C18H27ClN4O. The van der Waals surface area contributed by atoms with E-state index in [2.05, 4.69) is 18.9 Å². The fourth-order valence-electron chi connectivity index (χ4n) is 2.65. The van der Waals surface area contributed by atoms with Crippen LogP contribution in [0.25, 0.3) is 5.69 Å². The number of carbonyl (C=O) groups is 1. The van der Waals surface area contributed by atoms with Crippen LogP contribution in [0.4, 0.5) is 0 Å². The van der Waals surface area contributed by atoms with Crippen LogP contribution < -0.4 is 5.73 Å². The van der Waals surface area contributed by atoms with Gasteiger partial charge in [0.25, 0.3) is 5.91 Å². The van der Waals surface area contributed by atoms with Crippen molar-refractivity contribution in [2.24, 2.45) is 11.1 Å². The Labute approximate surface area is 150 Å². The van der Waals surface area contributed by atoms with Gasteiger partial charge in [0.05, 0.1) is 23.1 Å². The first-order valence-electron chi connectivity index (χ1n) is 7.83. The van der Waals surface area contributed by atoms with Gasteiger partial charge in [-0.15, -0.1) is 12.4 Å². The molecule has 5 nitrogen and oxygen atoms in total. The van der Waals surface area contributed by atoms with E-state index >= 15 is 0 Å². The summed E-state index contributed by atoms with van der Waals surface area (Å²) in [6, 6.07) is 8.01. The summed E-state index contributed by atoms with van der Waals surface area (Å²) >= 11 is 0. The molecule has 1 aromatic carbocycles. The van der Waals surface area contributed by atoms with E-state index in [1.165, 1.54) is 0 Å². The van der Waals surface area contributed by atoms with Crippen molar-refractivity contribution in [1.82, 2.24) is 14.7 Å². The number of carbonyl (C=O) groups excluding carboxylic acids is 1. The molecule has 2 rings (SSSR count). The number of nitrogens with two attached hydrogens (primary N) is 1. The molecule has 0 aliphatic heterocycles. The van der Waals surface area contributed by atoms with E-state index in [4.69, 9.17) is 5.73 Å². The molecule has 1 aromatic heterocycles. The van der Waals surface area contributed by atoms with Gasteiger partial charge in [-0.2, -0.15) is 5.10 Å². The molecular weight excluding hydrogens is 324 g/mol. The molecule has 0 unspecified atom stereocenters. The third-order valence-electron chi connectivity index (χ3n) is 4.15. The van der Waals surface area contributed by atoms with Crippen LogP contribution in [-0.2, 0) is 0 Å². The molecule has 2 aromatic rings. The molecule has 132 valence electrons. The highest BCUT2D eigenvalue weighted by Crippen LogP contribution is 2.20. The molecule has 0 saturated carbocycles. The van der Waals surface area contributed by atoms with E-state index in [-0.39, 0.29) is 23.7 Å². The maximum absolute atomic E-state index is 12.7. The van der Waals surface area contributed by atoms with Crippen LogP contribution in [0.2, 0.25) is 0 Å². The highest BCUT2D eigenvalue weighted by atomic mass is 35.5. The Morgan fingerprint density at radius 3 is 2.50 bits per heavy atom. The number of para-hydroxylation sites is 1. The van der Waals surface area contributed by atoms with Crippen LogP contribution in [0, 0.1) is 19.3 Å². The summed E-state index contributed by atoms with van der Waals surface area (Å²) < 4.78 is 1.82. The van der Waals surface area contributed by atoms with Crippen molar-refractivity contribution >= 4 is 18.3 Å². The molecule has 6 heteroatoms. The van der Waals surface area contributed by atoms with E-state index in [0.29, 0.717) is 18.7 Å². The van der Waals surface area contributed by atoms with Crippen LogP contribution in [-0.4, -0.2) is 40.7 Å². The maximum Gasteiger partial charge on any atom is 0.257 e. The summed E-state index contributed by atoms with van der Waals surface area (Å²) in [7, 11) is 1.81. The van der Waals surface area contributed by atoms with E-state index in [1.807, 2.05) is 49.8 Å². The van der Waals surface area contributed by atoms with Gasteiger partial charge in [-0.1, -0.05) is 32.0 Å². The lowest BCUT2D eigenvalue weighted by Gasteiger charge is -2.29. The topological polar surface area (TPSA) is 64.2 Å². The van der Waals surface area contributed by atoms with Crippen molar-refractivity contribution in [3.63, 3.8) is 0 Å². The van der Waals surface area contributed by atoms with Crippen LogP contribution >= 0.6 is 12.4 Å². The van der Waals surface area contributed by atoms with Crippen LogP contribution in [0.15, 0.2) is 30.5 Å². The third kappa shape index (κ3) is 4.16. The van der Waals surface area contributed by atoms with Crippen LogP contribution in [0.5, 0.6) is 0 Å². The number of aryl methyl sites for hydroxylation is 1. The number of amides is 1. The molecule has 0 spiro atoms. The second-order valence-electron chi connectivity index (χ2n) is 6.87. The lowest BCUT2D eigenvalue weighted by Crippen LogP contribution is -2.39. The van der Waals surface area contributed by atoms with Gasteiger partial charge in [-0.3, -0.25) is 4.79 Å². The van der Waals surface area contributed by atoms with Crippen molar-refractivity contribution in [2.75, 3.05) is 20.1 Å². The molecule has 0 fully saturated rings. The Hall–Kier alpha value is -1.85. The van der Waals surface area contributed by atoms with Gasteiger partial charge in [0, 0.05) is 13.6 Å². The van der Waals surface area contributed by atoms with Gasteiger partial charge >= 0.3 is 0 Å². The molecule has 24 heavy (non-hydrogen) atoms. The number of rotatable bonds is 5. The normalized spacial score (nSPS) is 11.1. The predicted molar refractivity (Wildman–Crippen MR) is 100 cm³/mol. The zero-order chi connectivity index (χ0) is 17.2. The molecule has 0 atom stereocenters. The minimum atomic E-state index is -0.107. The number of aromatic nitrogens is 2. The summed E-state index contributed by atoms with van der Waals surface area (Å²) in [6.07, 6.45) is 1.65. The molecule has 2 N–H and O–H groups in total. The van der Waals surface area contributed by atoms with Crippen molar-refractivity contribution < 1.29 is 4.79 Å².